The van der Waals surface area contributed by atoms with Crippen LogP contribution in [0.15, 0.2) is 35.0 Å². The maximum atomic E-state index is 4.48. The third kappa shape index (κ3) is 2.47. The van der Waals surface area contributed by atoms with Gasteiger partial charge in [-0.1, -0.05) is 28.8 Å². The smallest absolute Gasteiger partial charge is 0.105 e. The van der Waals surface area contributed by atoms with Crippen molar-refractivity contribution in [3.8, 4) is 11.3 Å². The molecule has 18 heavy (non-hydrogen) atoms. The Morgan fingerprint density at radius 3 is 2.56 bits per heavy atom. The van der Waals surface area contributed by atoms with Crippen molar-refractivity contribution in [3.63, 3.8) is 0 Å². The van der Waals surface area contributed by atoms with Gasteiger partial charge in [0.05, 0.1) is 5.01 Å². The molecular weight excluding hydrogens is 262 g/mol. The van der Waals surface area contributed by atoms with Gasteiger partial charge in [-0.2, -0.15) is 0 Å². The molecule has 90 valence electrons. The maximum Gasteiger partial charge on any atom is 0.105 e. The van der Waals surface area contributed by atoms with Crippen LogP contribution in [0.2, 0.25) is 0 Å². The summed E-state index contributed by atoms with van der Waals surface area (Å²) < 4.78 is 3.87. The van der Waals surface area contributed by atoms with E-state index in [9.17, 15) is 0 Å². The summed E-state index contributed by atoms with van der Waals surface area (Å²) in [6, 6.07) is 8.44. The van der Waals surface area contributed by atoms with Crippen LogP contribution < -0.4 is 0 Å². The Kier molecular flexibility index (Phi) is 3.17. The highest BCUT2D eigenvalue weighted by atomic mass is 32.1. The molecule has 0 radical (unpaired) electrons. The molecule has 0 unspecified atom stereocenters. The van der Waals surface area contributed by atoms with E-state index in [4.69, 9.17) is 0 Å². The van der Waals surface area contributed by atoms with E-state index >= 15 is 0 Å². The van der Waals surface area contributed by atoms with Gasteiger partial charge >= 0.3 is 0 Å². The van der Waals surface area contributed by atoms with Crippen LogP contribution in [0.25, 0.3) is 11.3 Å². The lowest BCUT2D eigenvalue weighted by Crippen LogP contribution is -1.88. The minimum Gasteiger partial charge on any atom is -0.246 e. The molecule has 2 aromatic heterocycles. The molecule has 3 nitrogen and oxygen atoms in total. The Morgan fingerprint density at radius 2 is 1.94 bits per heavy atom. The van der Waals surface area contributed by atoms with Crippen molar-refractivity contribution in [2.75, 3.05) is 0 Å². The summed E-state index contributed by atoms with van der Waals surface area (Å²) >= 11 is 3.09. The highest BCUT2D eigenvalue weighted by Crippen LogP contribution is 2.20. The number of aromatic nitrogens is 3. The highest BCUT2D eigenvalue weighted by molar-refractivity contribution is 7.09. The van der Waals surface area contributed by atoms with E-state index in [1.54, 1.807) is 11.3 Å². The molecule has 0 aliphatic rings. The first-order valence-corrected chi connectivity index (χ1v) is 7.30. The number of hydrogen-bond donors (Lipinski definition) is 0. The normalized spacial score (nSPS) is 10.7. The minimum atomic E-state index is 0.897. The summed E-state index contributed by atoms with van der Waals surface area (Å²) in [5.74, 6) is 0. The fourth-order valence-electron chi connectivity index (χ4n) is 1.74. The second-order valence-electron chi connectivity index (χ2n) is 4.05. The molecule has 0 aliphatic heterocycles. The molecular formula is C13H11N3S2. The number of benzene rings is 1. The van der Waals surface area contributed by atoms with Crippen molar-refractivity contribution in [2.45, 2.75) is 13.3 Å². The number of hydrogen-bond acceptors (Lipinski definition) is 5. The van der Waals surface area contributed by atoms with Gasteiger partial charge in [-0.15, -0.1) is 16.4 Å². The SMILES string of the molecule is Cc1csc(Cc2ccc(-c3csnn3)cc2)n1. The van der Waals surface area contributed by atoms with E-state index in [0.717, 1.165) is 28.4 Å². The van der Waals surface area contributed by atoms with Gasteiger partial charge in [-0.05, 0) is 24.0 Å². The molecule has 0 saturated carbocycles. The maximum absolute atomic E-state index is 4.48. The molecule has 0 spiro atoms. The third-order valence-corrected chi connectivity index (χ3v) is 4.10. The molecule has 0 aliphatic carbocycles. The number of aryl methyl sites for hydroxylation is 1. The molecule has 3 aromatic rings. The topological polar surface area (TPSA) is 38.7 Å². The Labute approximate surface area is 113 Å². The van der Waals surface area contributed by atoms with Gasteiger partial charge in [0.15, 0.2) is 0 Å². The van der Waals surface area contributed by atoms with E-state index in [0.29, 0.717) is 0 Å². The zero-order valence-electron chi connectivity index (χ0n) is 9.83. The van der Waals surface area contributed by atoms with Crippen molar-refractivity contribution >= 4 is 22.9 Å². The minimum absolute atomic E-state index is 0.897. The summed E-state index contributed by atoms with van der Waals surface area (Å²) in [6.07, 6.45) is 0.897. The zero-order valence-corrected chi connectivity index (χ0v) is 11.5. The first-order valence-electron chi connectivity index (χ1n) is 5.58. The quantitative estimate of drug-likeness (QED) is 0.732. The van der Waals surface area contributed by atoms with Gasteiger partial charge in [0.2, 0.25) is 0 Å². The number of rotatable bonds is 3. The summed E-state index contributed by atoms with van der Waals surface area (Å²) in [6.45, 7) is 2.03. The monoisotopic (exact) mass is 273 g/mol. The molecule has 0 atom stereocenters. The average molecular weight is 273 g/mol. The summed E-state index contributed by atoms with van der Waals surface area (Å²) in [7, 11) is 0. The van der Waals surface area contributed by atoms with Gasteiger partial charge in [0.25, 0.3) is 0 Å². The van der Waals surface area contributed by atoms with E-state index in [-0.39, 0.29) is 0 Å². The van der Waals surface area contributed by atoms with Crippen LogP contribution >= 0.6 is 22.9 Å². The van der Waals surface area contributed by atoms with Crippen LogP contribution in [0.3, 0.4) is 0 Å². The van der Waals surface area contributed by atoms with Crippen LogP contribution in [0.4, 0.5) is 0 Å². The fourth-order valence-corrected chi connectivity index (χ4v) is 3.01. The van der Waals surface area contributed by atoms with Crippen LogP contribution in [0, 0.1) is 6.92 Å². The van der Waals surface area contributed by atoms with Crippen molar-refractivity contribution in [3.05, 3.63) is 51.3 Å². The molecule has 0 bridgehead atoms. The largest absolute Gasteiger partial charge is 0.246 e. The Bertz CT molecular complexity index is 627. The van der Waals surface area contributed by atoms with Gasteiger partial charge in [0, 0.05) is 28.4 Å². The predicted molar refractivity (Wildman–Crippen MR) is 75.0 cm³/mol. The standard InChI is InChI=1S/C13H11N3S2/c1-9-7-17-13(14-9)6-10-2-4-11(5-3-10)12-8-18-16-15-12/h2-5,7-8H,6H2,1H3. The summed E-state index contributed by atoms with van der Waals surface area (Å²) in [5.41, 5.74) is 4.43. The van der Waals surface area contributed by atoms with Gasteiger partial charge in [-0.3, -0.25) is 0 Å². The first kappa shape index (κ1) is 11.5. The van der Waals surface area contributed by atoms with Crippen LogP contribution in [0.5, 0.6) is 0 Å². The summed E-state index contributed by atoms with van der Waals surface area (Å²) in [5, 5.41) is 9.27. The first-order chi connectivity index (χ1) is 8.81. The van der Waals surface area contributed by atoms with Crippen LogP contribution in [-0.2, 0) is 6.42 Å². The molecule has 0 saturated heterocycles. The van der Waals surface area contributed by atoms with Crippen molar-refractivity contribution in [2.24, 2.45) is 0 Å². The second kappa shape index (κ2) is 4.96. The lowest BCUT2D eigenvalue weighted by molar-refractivity contribution is 1.10. The molecule has 0 fully saturated rings. The molecule has 3 rings (SSSR count). The predicted octanol–water partition coefficient (Wildman–Crippen LogP) is 3.56. The second-order valence-corrected chi connectivity index (χ2v) is 5.60. The lowest BCUT2D eigenvalue weighted by Gasteiger charge is -2.00. The fraction of sp³-hybridized carbons (Fsp3) is 0.154. The zero-order chi connectivity index (χ0) is 12.4. The van der Waals surface area contributed by atoms with Crippen molar-refractivity contribution < 1.29 is 0 Å². The summed E-state index contributed by atoms with van der Waals surface area (Å²) in [4.78, 5) is 4.48. The highest BCUT2D eigenvalue weighted by Gasteiger charge is 2.03. The Hall–Kier alpha value is -1.59. The van der Waals surface area contributed by atoms with E-state index < -0.39 is 0 Å². The van der Waals surface area contributed by atoms with Crippen LogP contribution in [-0.4, -0.2) is 14.6 Å². The molecule has 2 heterocycles. The van der Waals surface area contributed by atoms with Gasteiger partial charge in [0.1, 0.15) is 5.69 Å². The number of thiazole rings is 1. The van der Waals surface area contributed by atoms with Crippen molar-refractivity contribution in [1.82, 2.24) is 14.6 Å². The Morgan fingerprint density at radius 1 is 1.11 bits per heavy atom. The molecule has 0 amide bonds. The van der Waals surface area contributed by atoms with E-state index in [2.05, 4.69) is 44.2 Å². The Balaban J connectivity index is 1.79. The van der Waals surface area contributed by atoms with Gasteiger partial charge in [-0.25, -0.2) is 4.98 Å². The van der Waals surface area contributed by atoms with E-state index in [1.807, 2.05) is 12.3 Å². The molecule has 5 heteroatoms. The lowest BCUT2D eigenvalue weighted by atomic mass is 10.1. The molecule has 1 aromatic carbocycles. The van der Waals surface area contributed by atoms with Crippen LogP contribution in [0.1, 0.15) is 16.3 Å². The van der Waals surface area contributed by atoms with Gasteiger partial charge < -0.3 is 0 Å². The number of nitrogens with zero attached hydrogens (tertiary/aromatic N) is 3. The third-order valence-electron chi connectivity index (χ3n) is 2.63. The molecule has 0 N–H and O–H groups in total. The van der Waals surface area contributed by atoms with Crippen molar-refractivity contribution in [1.29, 1.82) is 0 Å². The van der Waals surface area contributed by atoms with E-state index in [1.165, 1.54) is 17.1 Å². The average Bonchev–Trinajstić information content (AvgIpc) is 3.02.